The number of hydrogen-bond donors (Lipinski definition) is 2. The topological polar surface area (TPSA) is 70.7 Å². The molecule has 152 valence electrons. The first kappa shape index (κ1) is 19.6. The summed E-state index contributed by atoms with van der Waals surface area (Å²) in [4.78, 5) is 27.1. The summed E-state index contributed by atoms with van der Waals surface area (Å²) in [5, 5.41) is 6.34. The van der Waals surface area contributed by atoms with Crippen molar-refractivity contribution in [2.45, 2.75) is 44.6 Å². The molecule has 2 aliphatic rings. The second-order valence-corrected chi connectivity index (χ2v) is 7.87. The van der Waals surface area contributed by atoms with Crippen LogP contribution in [-0.4, -0.2) is 48.0 Å². The average Bonchev–Trinajstić information content (AvgIpc) is 3.16. The summed E-state index contributed by atoms with van der Waals surface area (Å²) in [5.41, 5.74) is 3.47. The highest BCUT2D eigenvalue weighted by molar-refractivity contribution is 5.97. The van der Waals surface area contributed by atoms with Crippen molar-refractivity contribution in [3.05, 3.63) is 71.3 Å². The van der Waals surface area contributed by atoms with Crippen LogP contribution < -0.4 is 10.6 Å². The van der Waals surface area contributed by atoms with Gasteiger partial charge in [0, 0.05) is 19.1 Å². The van der Waals surface area contributed by atoms with Crippen molar-refractivity contribution in [3.63, 3.8) is 0 Å². The molecule has 2 N–H and O–H groups in total. The van der Waals surface area contributed by atoms with E-state index in [-0.39, 0.29) is 30.5 Å². The fourth-order valence-corrected chi connectivity index (χ4v) is 4.07. The van der Waals surface area contributed by atoms with E-state index in [1.807, 2.05) is 36.4 Å². The first-order chi connectivity index (χ1) is 14.1. The molecule has 0 radical (unpaired) electrons. The molecule has 4 rings (SSSR count). The van der Waals surface area contributed by atoms with E-state index in [2.05, 4.69) is 35.8 Å². The number of piperazine rings is 1. The number of rotatable bonds is 7. The van der Waals surface area contributed by atoms with Crippen molar-refractivity contribution >= 4 is 11.8 Å². The summed E-state index contributed by atoms with van der Waals surface area (Å²) in [6.45, 7) is 3.96. The molecule has 2 saturated heterocycles. The highest BCUT2D eigenvalue weighted by Gasteiger charge is 2.46. The molecule has 2 aliphatic heterocycles. The number of carbonyl (C=O) groups excluding carboxylic acids is 2. The zero-order chi connectivity index (χ0) is 20.2. The standard InChI is InChI=1S/C23H27N3O3/c1-16-6-5-9-18(10-16)12-24-19-11-21-22(27)25-20(23(28)26(21)13-19)15-29-14-17-7-3-2-4-8-17/h2-10,19-21,24H,11-15H2,1H3,(H,25,27)/t19-,20-,21-/m0/s1. The lowest BCUT2D eigenvalue weighted by molar-refractivity contribution is -0.148. The van der Waals surface area contributed by atoms with Gasteiger partial charge in [0.05, 0.1) is 13.2 Å². The maximum atomic E-state index is 12.9. The van der Waals surface area contributed by atoms with E-state index in [1.165, 1.54) is 11.1 Å². The number of hydrogen-bond acceptors (Lipinski definition) is 4. The number of ether oxygens (including phenoxy) is 1. The Labute approximate surface area is 171 Å². The van der Waals surface area contributed by atoms with Crippen LogP contribution in [0.25, 0.3) is 0 Å². The molecule has 0 spiro atoms. The Kier molecular flexibility index (Phi) is 5.92. The van der Waals surface area contributed by atoms with Gasteiger partial charge >= 0.3 is 0 Å². The van der Waals surface area contributed by atoms with Crippen molar-refractivity contribution in [2.24, 2.45) is 0 Å². The molecule has 2 heterocycles. The predicted octanol–water partition coefficient (Wildman–Crippen LogP) is 1.77. The highest BCUT2D eigenvalue weighted by Crippen LogP contribution is 2.23. The van der Waals surface area contributed by atoms with E-state index >= 15 is 0 Å². The Morgan fingerprint density at radius 2 is 1.90 bits per heavy atom. The Hall–Kier alpha value is -2.70. The molecule has 2 aromatic carbocycles. The quantitative estimate of drug-likeness (QED) is 0.752. The van der Waals surface area contributed by atoms with Crippen LogP contribution >= 0.6 is 0 Å². The number of carbonyl (C=O) groups is 2. The third-order valence-electron chi connectivity index (χ3n) is 5.57. The molecule has 0 unspecified atom stereocenters. The highest BCUT2D eigenvalue weighted by atomic mass is 16.5. The van der Waals surface area contributed by atoms with Gasteiger partial charge in [-0.3, -0.25) is 9.59 Å². The fraction of sp³-hybridized carbons (Fsp3) is 0.391. The molecule has 29 heavy (non-hydrogen) atoms. The molecule has 6 nitrogen and oxygen atoms in total. The number of amides is 2. The van der Waals surface area contributed by atoms with E-state index in [0.717, 1.165) is 12.1 Å². The minimum atomic E-state index is -0.613. The summed E-state index contributed by atoms with van der Waals surface area (Å²) in [7, 11) is 0. The lowest BCUT2D eigenvalue weighted by Crippen LogP contribution is -2.62. The molecule has 6 heteroatoms. The van der Waals surface area contributed by atoms with Gasteiger partial charge in [-0.1, -0.05) is 60.2 Å². The van der Waals surface area contributed by atoms with Crippen molar-refractivity contribution in [1.29, 1.82) is 0 Å². The van der Waals surface area contributed by atoms with Crippen molar-refractivity contribution in [2.75, 3.05) is 13.2 Å². The second-order valence-electron chi connectivity index (χ2n) is 7.87. The molecule has 2 aromatic rings. The van der Waals surface area contributed by atoms with Gasteiger partial charge in [-0.2, -0.15) is 0 Å². The molecule has 0 saturated carbocycles. The van der Waals surface area contributed by atoms with Crippen LogP contribution in [0, 0.1) is 6.92 Å². The van der Waals surface area contributed by atoms with Crippen LogP contribution in [0.5, 0.6) is 0 Å². The normalized spacial score (nSPS) is 23.8. The lowest BCUT2D eigenvalue weighted by atomic mass is 10.1. The molecule has 0 aromatic heterocycles. The maximum absolute atomic E-state index is 12.9. The molecule has 2 fully saturated rings. The van der Waals surface area contributed by atoms with Crippen LogP contribution in [0.2, 0.25) is 0 Å². The van der Waals surface area contributed by atoms with Crippen molar-refractivity contribution in [3.8, 4) is 0 Å². The van der Waals surface area contributed by atoms with Gasteiger partial charge in [-0.15, -0.1) is 0 Å². The van der Waals surface area contributed by atoms with Crippen LogP contribution in [0.15, 0.2) is 54.6 Å². The van der Waals surface area contributed by atoms with Crippen molar-refractivity contribution < 1.29 is 14.3 Å². The molecular weight excluding hydrogens is 366 g/mol. The molecule has 3 atom stereocenters. The Balaban J connectivity index is 1.30. The van der Waals surface area contributed by atoms with Crippen LogP contribution in [-0.2, 0) is 27.5 Å². The minimum absolute atomic E-state index is 0.0532. The van der Waals surface area contributed by atoms with Crippen LogP contribution in [0.4, 0.5) is 0 Å². The van der Waals surface area contributed by atoms with Gasteiger partial charge in [-0.25, -0.2) is 0 Å². The summed E-state index contributed by atoms with van der Waals surface area (Å²) in [5.74, 6) is -0.139. The molecule has 2 amide bonds. The van der Waals surface area contributed by atoms with Crippen molar-refractivity contribution in [1.82, 2.24) is 15.5 Å². The van der Waals surface area contributed by atoms with Crippen LogP contribution in [0.1, 0.15) is 23.1 Å². The maximum Gasteiger partial charge on any atom is 0.248 e. The first-order valence-electron chi connectivity index (χ1n) is 10.1. The smallest absolute Gasteiger partial charge is 0.248 e. The molecular formula is C23H27N3O3. The van der Waals surface area contributed by atoms with Gasteiger partial charge in [0.25, 0.3) is 0 Å². The third kappa shape index (κ3) is 4.66. The van der Waals surface area contributed by atoms with E-state index in [4.69, 9.17) is 4.74 Å². The SMILES string of the molecule is Cc1cccc(CN[C@H]2C[C@H]3C(=O)N[C@@H](COCc4ccccc4)C(=O)N3C2)c1. The zero-order valence-electron chi connectivity index (χ0n) is 16.6. The summed E-state index contributed by atoms with van der Waals surface area (Å²) >= 11 is 0. The van der Waals surface area contributed by atoms with E-state index in [0.29, 0.717) is 19.6 Å². The van der Waals surface area contributed by atoms with Crippen LogP contribution in [0.3, 0.4) is 0 Å². The second kappa shape index (κ2) is 8.76. The zero-order valence-corrected chi connectivity index (χ0v) is 16.6. The van der Waals surface area contributed by atoms with E-state index in [9.17, 15) is 9.59 Å². The number of nitrogens with one attached hydrogen (secondary N) is 2. The Morgan fingerprint density at radius 1 is 1.10 bits per heavy atom. The Bertz CT molecular complexity index is 871. The average molecular weight is 393 g/mol. The molecule has 0 bridgehead atoms. The third-order valence-corrected chi connectivity index (χ3v) is 5.57. The van der Waals surface area contributed by atoms with Gasteiger partial charge in [0.15, 0.2) is 0 Å². The minimum Gasteiger partial charge on any atom is -0.374 e. The summed E-state index contributed by atoms with van der Waals surface area (Å²) in [6.07, 6.45) is 0.640. The number of benzene rings is 2. The van der Waals surface area contributed by atoms with Gasteiger partial charge in [-0.05, 0) is 24.5 Å². The Morgan fingerprint density at radius 3 is 2.69 bits per heavy atom. The lowest BCUT2D eigenvalue weighted by Gasteiger charge is -2.34. The monoisotopic (exact) mass is 393 g/mol. The number of fused-ring (bicyclic) bond motifs is 1. The van der Waals surface area contributed by atoms with Gasteiger partial charge in [0.1, 0.15) is 12.1 Å². The summed E-state index contributed by atoms with van der Waals surface area (Å²) in [6, 6.07) is 17.3. The van der Waals surface area contributed by atoms with Gasteiger partial charge in [0.2, 0.25) is 11.8 Å². The largest absolute Gasteiger partial charge is 0.374 e. The number of nitrogens with zero attached hydrogens (tertiary/aromatic N) is 1. The number of aryl methyl sites for hydroxylation is 1. The van der Waals surface area contributed by atoms with E-state index in [1.54, 1.807) is 4.90 Å². The first-order valence-corrected chi connectivity index (χ1v) is 10.1. The predicted molar refractivity (Wildman–Crippen MR) is 110 cm³/mol. The van der Waals surface area contributed by atoms with Gasteiger partial charge < -0.3 is 20.3 Å². The van der Waals surface area contributed by atoms with E-state index < -0.39 is 6.04 Å². The molecule has 0 aliphatic carbocycles. The summed E-state index contributed by atoms with van der Waals surface area (Å²) < 4.78 is 5.69. The fourth-order valence-electron chi connectivity index (χ4n) is 4.07.